The van der Waals surface area contributed by atoms with Gasteiger partial charge in [0.15, 0.2) is 0 Å². The molecule has 1 unspecified atom stereocenters. The van der Waals surface area contributed by atoms with Gasteiger partial charge in [-0.2, -0.15) is 0 Å². The van der Waals surface area contributed by atoms with E-state index in [9.17, 15) is 0 Å². The predicted octanol–water partition coefficient (Wildman–Crippen LogP) is 4.47. The Labute approximate surface area is 146 Å². The Kier molecular flexibility index (Phi) is 6.85. The van der Waals surface area contributed by atoms with E-state index >= 15 is 0 Å². The van der Waals surface area contributed by atoms with Crippen molar-refractivity contribution in [2.24, 2.45) is 0 Å². The number of hydrogen-bond acceptors (Lipinski definition) is 4. The highest BCUT2D eigenvalue weighted by Crippen LogP contribution is 2.30. The van der Waals surface area contributed by atoms with Crippen LogP contribution in [0.3, 0.4) is 0 Å². The Hall–Kier alpha value is -1.81. The number of hydrogen-bond donors (Lipinski definition) is 1. The summed E-state index contributed by atoms with van der Waals surface area (Å²) in [6.07, 6.45) is 4.21. The van der Waals surface area contributed by atoms with Crippen molar-refractivity contribution >= 4 is 16.6 Å². The van der Waals surface area contributed by atoms with Crippen LogP contribution in [-0.2, 0) is 0 Å². The monoisotopic (exact) mass is 329 g/mol. The number of aromatic nitrogens is 1. The van der Waals surface area contributed by atoms with Gasteiger partial charge in [-0.3, -0.25) is 4.98 Å². The van der Waals surface area contributed by atoms with E-state index in [0.717, 1.165) is 48.4 Å². The van der Waals surface area contributed by atoms with Crippen molar-refractivity contribution in [2.75, 3.05) is 32.1 Å². The molecule has 0 fully saturated rings. The van der Waals surface area contributed by atoms with E-state index in [1.54, 1.807) is 7.11 Å². The summed E-state index contributed by atoms with van der Waals surface area (Å²) < 4.78 is 5.47. The molecule has 2 rings (SSSR count). The molecule has 1 N–H and O–H groups in total. The largest absolute Gasteiger partial charge is 0.497 e. The predicted molar refractivity (Wildman–Crippen MR) is 103 cm³/mol. The third kappa shape index (κ3) is 4.60. The summed E-state index contributed by atoms with van der Waals surface area (Å²) in [7, 11) is 1.71. The normalized spacial score (nSPS) is 12.6. The van der Waals surface area contributed by atoms with Gasteiger partial charge in [0, 0.05) is 23.7 Å². The van der Waals surface area contributed by atoms with Crippen molar-refractivity contribution in [1.82, 2.24) is 9.88 Å². The first-order valence-corrected chi connectivity index (χ1v) is 9.01. The minimum Gasteiger partial charge on any atom is -0.497 e. The number of ether oxygens (including phenoxy) is 1. The van der Waals surface area contributed by atoms with E-state index in [1.165, 1.54) is 12.0 Å². The second-order valence-corrected chi connectivity index (χ2v) is 6.41. The molecule has 0 saturated carbocycles. The summed E-state index contributed by atoms with van der Waals surface area (Å²) in [4.78, 5) is 7.05. The molecule has 0 radical (unpaired) electrons. The zero-order chi connectivity index (χ0) is 17.5. The molecule has 1 atom stereocenters. The molecule has 4 heteroatoms. The van der Waals surface area contributed by atoms with Crippen LogP contribution in [0, 0.1) is 6.92 Å². The Morgan fingerprint density at radius 2 is 2.00 bits per heavy atom. The fourth-order valence-corrected chi connectivity index (χ4v) is 3.09. The van der Waals surface area contributed by atoms with E-state index in [4.69, 9.17) is 4.74 Å². The molecule has 0 aliphatic rings. The quantitative estimate of drug-likeness (QED) is 0.736. The number of nitrogens with zero attached hydrogens (tertiary/aromatic N) is 2. The Morgan fingerprint density at radius 3 is 2.67 bits per heavy atom. The van der Waals surface area contributed by atoms with Crippen LogP contribution in [0.5, 0.6) is 5.75 Å². The summed E-state index contributed by atoms with van der Waals surface area (Å²) in [6.45, 7) is 12.2. The first-order chi connectivity index (χ1) is 11.6. The number of benzene rings is 1. The highest BCUT2D eigenvalue weighted by molar-refractivity contribution is 5.94. The topological polar surface area (TPSA) is 37.4 Å². The van der Waals surface area contributed by atoms with E-state index in [1.807, 2.05) is 12.3 Å². The van der Waals surface area contributed by atoms with Crippen LogP contribution in [0.2, 0.25) is 0 Å². The van der Waals surface area contributed by atoms with Gasteiger partial charge in [-0.15, -0.1) is 0 Å². The fourth-order valence-electron chi connectivity index (χ4n) is 3.09. The van der Waals surface area contributed by atoms with Crippen molar-refractivity contribution in [2.45, 2.75) is 46.6 Å². The summed E-state index contributed by atoms with van der Waals surface area (Å²) in [5.41, 5.74) is 3.30. The van der Waals surface area contributed by atoms with Gasteiger partial charge in [0.2, 0.25) is 0 Å². The molecule has 0 aliphatic carbocycles. The van der Waals surface area contributed by atoms with E-state index in [-0.39, 0.29) is 0 Å². The van der Waals surface area contributed by atoms with E-state index in [2.05, 4.69) is 55.0 Å². The number of anilines is 1. The maximum Gasteiger partial charge on any atom is 0.121 e. The van der Waals surface area contributed by atoms with Crippen LogP contribution >= 0.6 is 0 Å². The first-order valence-electron chi connectivity index (χ1n) is 9.01. The van der Waals surface area contributed by atoms with Crippen LogP contribution in [0.25, 0.3) is 10.9 Å². The smallest absolute Gasteiger partial charge is 0.121 e. The summed E-state index contributed by atoms with van der Waals surface area (Å²) in [5.74, 6) is 0.872. The molecule has 1 aromatic carbocycles. The molecular weight excluding hydrogens is 298 g/mol. The first kappa shape index (κ1) is 18.5. The van der Waals surface area contributed by atoms with Gasteiger partial charge in [0.1, 0.15) is 5.75 Å². The zero-order valence-corrected chi connectivity index (χ0v) is 15.7. The molecule has 0 amide bonds. The van der Waals surface area contributed by atoms with E-state index < -0.39 is 0 Å². The SMILES string of the molecule is CCN(CC)CCCC(C)Nc1cc(OC)cc2c(C)ccnc12. The second-order valence-electron chi connectivity index (χ2n) is 6.41. The van der Waals surface area contributed by atoms with Crippen LogP contribution in [0.1, 0.15) is 39.2 Å². The van der Waals surface area contributed by atoms with Crippen LogP contribution < -0.4 is 10.1 Å². The maximum atomic E-state index is 5.47. The van der Waals surface area contributed by atoms with Crippen LogP contribution in [0.15, 0.2) is 24.4 Å². The standard InChI is InChI=1S/C20H31N3O/c1-6-23(7-2)12-8-9-16(4)22-19-14-17(24-5)13-18-15(3)10-11-21-20(18)19/h10-11,13-14,16,22H,6-9,12H2,1-5H3. The molecule has 4 nitrogen and oxygen atoms in total. The molecule has 24 heavy (non-hydrogen) atoms. The van der Waals surface area contributed by atoms with Crippen molar-refractivity contribution in [3.05, 3.63) is 30.0 Å². The fraction of sp³-hybridized carbons (Fsp3) is 0.550. The maximum absolute atomic E-state index is 5.47. The lowest BCUT2D eigenvalue weighted by Gasteiger charge is -2.21. The molecule has 0 saturated heterocycles. The number of rotatable bonds is 9. The van der Waals surface area contributed by atoms with Crippen molar-refractivity contribution < 1.29 is 4.74 Å². The van der Waals surface area contributed by atoms with Crippen molar-refractivity contribution in [1.29, 1.82) is 0 Å². The molecule has 0 spiro atoms. The summed E-state index contributed by atoms with van der Waals surface area (Å²) >= 11 is 0. The van der Waals surface area contributed by atoms with Gasteiger partial charge in [0.25, 0.3) is 0 Å². The van der Waals surface area contributed by atoms with Crippen molar-refractivity contribution in [3.63, 3.8) is 0 Å². The lowest BCUT2D eigenvalue weighted by molar-refractivity contribution is 0.295. The number of pyridine rings is 1. The van der Waals surface area contributed by atoms with Crippen molar-refractivity contribution in [3.8, 4) is 5.75 Å². The highest BCUT2D eigenvalue weighted by atomic mass is 16.5. The molecular formula is C20H31N3O. The molecule has 132 valence electrons. The lowest BCUT2D eigenvalue weighted by Crippen LogP contribution is -2.25. The third-order valence-corrected chi connectivity index (χ3v) is 4.68. The van der Waals surface area contributed by atoms with Gasteiger partial charge in [0.05, 0.1) is 18.3 Å². The number of aryl methyl sites for hydroxylation is 1. The summed E-state index contributed by atoms with van der Waals surface area (Å²) in [6, 6.07) is 6.56. The van der Waals surface area contributed by atoms with E-state index in [0.29, 0.717) is 6.04 Å². The highest BCUT2D eigenvalue weighted by Gasteiger charge is 2.11. The van der Waals surface area contributed by atoms with Crippen LogP contribution in [0.4, 0.5) is 5.69 Å². The molecule has 0 aliphatic heterocycles. The Bertz CT molecular complexity index is 653. The van der Waals surface area contributed by atoms with Gasteiger partial charge < -0.3 is 15.0 Å². The Balaban J connectivity index is 2.09. The van der Waals surface area contributed by atoms with Gasteiger partial charge in [-0.1, -0.05) is 13.8 Å². The third-order valence-electron chi connectivity index (χ3n) is 4.68. The van der Waals surface area contributed by atoms with Crippen LogP contribution in [-0.4, -0.2) is 42.7 Å². The minimum atomic E-state index is 0.401. The number of fused-ring (bicyclic) bond motifs is 1. The second kappa shape index (κ2) is 8.88. The molecule has 1 aromatic heterocycles. The zero-order valence-electron chi connectivity index (χ0n) is 15.7. The van der Waals surface area contributed by atoms with Gasteiger partial charge in [-0.25, -0.2) is 0 Å². The number of nitrogens with one attached hydrogen (secondary N) is 1. The summed E-state index contributed by atoms with van der Waals surface area (Å²) in [5, 5.41) is 4.78. The molecule has 0 bridgehead atoms. The minimum absolute atomic E-state index is 0.401. The average molecular weight is 329 g/mol. The molecule has 1 heterocycles. The lowest BCUT2D eigenvalue weighted by atomic mass is 10.1. The Morgan fingerprint density at radius 1 is 1.25 bits per heavy atom. The molecule has 2 aromatic rings. The van der Waals surface area contributed by atoms with Gasteiger partial charge in [-0.05, 0) is 64.0 Å². The number of methoxy groups -OCH3 is 1. The average Bonchev–Trinajstić information content (AvgIpc) is 2.59. The van der Waals surface area contributed by atoms with Gasteiger partial charge >= 0.3 is 0 Å².